The fourth-order valence-corrected chi connectivity index (χ4v) is 2.56. The smallest absolute Gasteiger partial charge is 0.214 e. The maximum absolute atomic E-state index is 11.6. The number of nitrogens with one attached hydrogen (secondary N) is 1. The highest BCUT2D eigenvalue weighted by Crippen LogP contribution is 2.08. The van der Waals surface area contributed by atoms with Gasteiger partial charge in [0.05, 0.1) is 18.0 Å². The number of ether oxygens (including phenoxy) is 1. The van der Waals surface area contributed by atoms with E-state index in [4.69, 9.17) is 4.74 Å². The van der Waals surface area contributed by atoms with Crippen molar-refractivity contribution in [1.29, 1.82) is 0 Å². The summed E-state index contributed by atoms with van der Waals surface area (Å²) >= 11 is 0. The molecule has 2 rings (SSSR count). The van der Waals surface area contributed by atoms with Gasteiger partial charge in [0.15, 0.2) is 0 Å². The third kappa shape index (κ3) is 4.16. The van der Waals surface area contributed by atoms with E-state index >= 15 is 0 Å². The van der Waals surface area contributed by atoms with Crippen molar-refractivity contribution in [3.8, 4) is 5.69 Å². The van der Waals surface area contributed by atoms with Crippen LogP contribution in [0.2, 0.25) is 0 Å². The van der Waals surface area contributed by atoms with Crippen LogP contribution in [0, 0.1) is 0 Å². The fourth-order valence-electron chi connectivity index (χ4n) is 1.65. The molecular weight excluding hydrogens is 278 g/mol. The van der Waals surface area contributed by atoms with E-state index in [0.717, 1.165) is 11.3 Å². The Morgan fingerprint density at radius 1 is 1.30 bits per heavy atom. The van der Waals surface area contributed by atoms with E-state index in [1.165, 1.54) is 7.11 Å². The molecule has 0 aliphatic carbocycles. The highest BCUT2D eigenvalue weighted by atomic mass is 32.2. The number of rotatable bonds is 7. The Kier molecular flexibility index (Phi) is 4.89. The summed E-state index contributed by atoms with van der Waals surface area (Å²) in [4.78, 5) is 0. The molecule has 6 nitrogen and oxygen atoms in total. The van der Waals surface area contributed by atoms with Crippen molar-refractivity contribution in [2.45, 2.75) is 6.54 Å². The van der Waals surface area contributed by atoms with E-state index in [1.54, 1.807) is 10.9 Å². The lowest BCUT2D eigenvalue weighted by Gasteiger charge is -2.07. The van der Waals surface area contributed by atoms with Gasteiger partial charge in [-0.3, -0.25) is 0 Å². The lowest BCUT2D eigenvalue weighted by Crippen LogP contribution is -2.27. The Labute approximate surface area is 118 Å². The van der Waals surface area contributed by atoms with Gasteiger partial charge < -0.3 is 4.74 Å². The fraction of sp³-hybridized carbons (Fsp3) is 0.308. The molecule has 1 heterocycles. The molecule has 108 valence electrons. The molecule has 0 aliphatic heterocycles. The Morgan fingerprint density at radius 2 is 2.05 bits per heavy atom. The molecule has 0 saturated heterocycles. The van der Waals surface area contributed by atoms with E-state index < -0.39 is 10.0 Å². The van der Waals surface area contributed by atoms with Crippen molar-refractivity contribution in [2.75, 3.05) is 19.5 Å². The van der Waals surface area contributed by atoms with Gasteiger partial charge in [-0.05, 0) is 23.8 Å². The molecule has 0 aliphatic rings. The number of sulfonamides is 1. The normalized spacial score (nSPS) is 11.7. The van der Waals surface area contributed by atoms with Gasteiger partial charge >= 0.3 is 0 Å². The summed E-state index contributed by atoms with van der Waals surface area (Å²) in [6.07, 6.45) is 3.56. The molecule has 7 heteroatoms. The molecule has 2 aromatic rings. The third-order valence-corrected chi connectivity index (χ3v) is 4.05. The standard InChI is InChI=1S/C13H17N3O3S/c1-19-9-10-20(17,18)15-11-12-3-5-13(6-4-12)16-8-2-7-14-16/h2-8,15H,9-11H2,1H3. The van der Waals surface area contributed by atoms with Crippen LogP contribution in [0.4, 0.5) is 0 Å². The van der Waals surface area contributed by atoms with Crippen LogP contribution in [0.3, 0.4) is 0 Å². The second-order valence-corrected chi connectivity index (χ2v) is 6.18. The number of nitrogens with zero attached hydrogens (tertiary/aromatic N) is 2. The second kappa shape index (κ2) is 6.65. The molecule has 20 heavy (non-hydrogen) atoms. The molecule has 1 N–H and O–H groups in total. The molecule has 1 aromatic heterocycles. The summed E-state index contributed by atoms with van der Waals surface area (Å²) < 4.78 is 32.3. The molecule has 0 bridgehead atoms. The lowest BCUT2D eigenvalue weighted by atomic mass is 10.2. The van der Waals surface area contributed by atoms with Crippen LogP contribution >= 0.6 is 0 Å². The summed E-state index contributed by atoms with van der Waals surface area (Å²) in [5.74, 6) is -0.0329. The largest absolute Gasteiger partial charge is 0.384 e. The molecule has 0 fully saturated rings. The predicted octanol–water partition coefficient (Wildman–Crippen LogP) is 0.938. The number of hydrogen-bond donors (Lipinski definition) is 1. The van der Waals surface area contributed by atoms with Gasteiger partial charge in [0.1, 0.15) is 0 Å². The molecule has 1 aromatic carbocycles. The van der Waals surface area contributed by atoms with Crippen LogP contribution in [0.1, 0.15) is 5.56 Å². The zero-order valence-corrected chi connectivity index (χ0v) is 12.0. The van der Waals surface area contributed by atoms with E-state index in [9.17, 15) is 8.42 Å². The minimum atomic E-state index is -3.29. The Balaban J connectivity index is 1.94. The van der Waals surface area contributed by atoms with Crippen molar-refractivity contribution in [3.63, 3.8) is 0 Å². The summed E-state index contributed by atoms with van der Waals surface area (Å²) in [5.41, 5.74) is 1.82. The Hall–Kier alpha value is -1.70. The lowest BCUT2D eigenvalue weighted by molar-refractivity contribution is 0.217. The number of methoxy groups -OCH3 is 1. The van der Waals surface area contributed by atoms with Gasteiger partial charge in [0, 0.05) is 26.0 Å². The maximum Gasteiger partial charge on any atom is 0.214 e. The topological polar surface area (TPSA) is 73.2 Å². The van der Waals surface area contributed by atoms with Crippen LogP contribution in [-0.4, -0.2) is 37.7 Å². The first kappa shape index (κ1) is 14.7. The molecule has 0 amide bonds. The van der Waals surface area contributed by atoms with E-state index in [2.05, 4.69) is 9.82 Å². The van der Waals surface area contributed by atoms with Gasteiger partial charge in [-0.15, -0.1) is 0 Å². The summed E-state index contributed by atoms with van der Waals surface area (Å²) in [7, 11) is -1.81. The third-order valence-electron chi connectivity index (χ3n) is 2.76. The second-order valence-electron chi connectivity index (χ2n) is 4.25. The van der Waals surface area contributed by atoms with Crippen LogP contribution in [0.5, 0.6) is 0 Å². The van der Waals surface area contributed by atoms with Gasteiger partial charge in [-0.2, -0.15) is 5.10 Å². The zero-order chi connectivity index (χ0) is 14.4. The molecular formula is C13H17N3O3S. The number of hydrogen-bond acceptors (Lipinski definition) is 4. The van der Waals surface area contributed by atoms with E-state index in [0.29, 0.717) is 0 Å². The van der Waals surface area contributed by atoms with Crippen molar-refractivity contribution in [1.82, 2.24) is 14.5 Å². The van der Waals surface area contributed by atoms with E-state index in [1.807, 2.05) is 36.5 Å². The predicted molar refractivity (Wildman–Crippen MR) is 76.1 cm³/mol. The van der Waals surface area contributed by atoms with Crippen LogP contribution < -0.4 is 4.72 Å². The number of benzene rings is 1. The maximum atomic E-state index is 11.6. The van der Waals surface area contributed by atoms with Gasteiger partial charge in [0.2, 0.25) is 10.0 Å². The Bertz CT molecular complexity index is 621. The van der Waals surface area contributed by atoms with Crippen molar-refractivity contribution in [2.24, 2.45) is 0 Å². The first-order valence-electron chi connectivity index (χ1n) is 6.16. The first-order valence-corrected chi connectivity index (χ1v) is 7.81. The van der Waals surface area contributed by atoms with Gasteiger partial charge in [-0.1, -0.05) is 12.1 Å². The van der Waals surface area contributed by atoms with Gasteiger partial charge in [-0.25, -0.2) is 17.8 Å². The quantitative estimate of drug-likeness (QED) is 0.825. The van der Waals surface area contributed by atoms with Crippen LogP contribution in [0.15, 0.2) is 42.7 Å². The van der Waals surface area contributed by atoms with Crippen molar-refractivity contribution < 1.29 is 13.2 Å². The molecule has 0 spiro atoms. The Morgan fingerprint density at radius 3 is 2.65 bits per heavy atom. The minimum absolute atomic E-state index is 0.0329. The van der Waals surface area contributed by atoms with Crippen LogP contribution in [-0.2, 0) is 21.3 Å². The zero-order valence-electron chi connectivity index (χ0n) is 11.2. The molecule has 0 radical (unpaired) electrons. The van der Waals surface area contributed by atoms with Crippen molar-refractivity contribution in [3.05, 3.63) is 48.3 Å². The van der Waals surface area contributed by atoms with Crippen LogP contribution in [0.25, 0.3) is 5.69 Å². The van der Waals surface area contributed by atoms with Gasteiger partial charge in [0.25, 0.3) is 0 Å². The van der Waals surface area contributed by atoms with Crippen molar-refractivity contribution >= 4 is 10.0 Å². The molecule has 0 atom stereocenters. The monoisotopic (exact) mass is 295 g/mol. The minimum Gasteiger partial charge on any atom is -0.384 e. The highest BCUT2D eigenvalue weighted by molar-refractivity contribution is 7.89. The molecule has 0 saturated carbocycles. The van der Waals surface area contributed by atoms with E-state index in [-0.39, 0.29) is 18.9 Å². The number of aromatic nitrogens is 2. The highest BCUT2D eigenvalue weighted by Gasteiger charge is 2.09. The average Bonchev–Trinajstić information content (AvgIpc) is 2.98. The summed E-state index contributed by atoms with van der Waals surface area (Å²) in [6, 6.07) is 9.38. The summed E-state index contributed by atoms with van der Waals surface area (Å²) in [5, 5.41) is 4.13. The average molecular weight is 295 g/mol. The first-order chi connectivity index (χ1) is 9.61. The summed E-state index contributed by atoms with van der Waals surface area (Å²) in [6.45, 7) is 0.457. The molecule has 0 unspecified atom stereocenters. The SMILES string of the molecule is COCCS(=O)(=O)NCc1ccc(-n2cccn2)cc1.